The van der Waals surface area contributed by atoms with Gasteiger partial charge >= 0.3 is 12.1 Å². The number of alkyl carbamates (subject to hydrolysis) is 1. The van der Waals surface area contributed by atoms with Gasteiger partial charge in [-0.3, -0.25) is 0 Å². The van der Waals surface area contributed by atoms with E-state index in [4.69, 9.17) is 9.84 Å². The van der Waals surface area contributed by atoms with Crippen molar-refractivity contribution in [3.8, 4) is 0 Å². The number of hydrogen-bond acceptors (Lipinski definition) is 4. The van der Waals surface area contributed by atoms with Crippen molar-refractivity contribution in [2.75, 3.05) is 11.5 Å². The maximum atomic E-state index is 11.4. The van der Waals surface area contributed by atoms with Crippen LogP contribution in [0.25, 0.3) is 0 Å². The zero-order valence-corrected chi connectivity index (χ0v) is 11.9. The summed E-state index contributed by atoms with van der Waals surface area (Å²) in [7, 11) is 0. The maximum Gasteiger partial charge on any atom is 0.408 e. The van der Waals surface area contributed by atoms with E-state index >= 15 is 0 Å². The molecule has 0 rings (SSSR count). The first kappa shape index (κ1) is 16.8. The number of carbonyl (C=O) groups is 2. The highest BCUT2D eigenvalue weighted by Gasteiger charge is 2.23. The third-order valence-electron chi connectivity index (χ3n) is 1.74. The molecule has 5 nitrogen and oxygen atoms in total. The summed E-state index contributed by atoms with van der Waals surface area (Å²) in [4.78, 5) is 22.4. The lowest BCUT2D eigenvalue weighted by Crippen LogP contribution is -2.45. The van der Waals surface area contributed by atoms with Crippen molar-refractivity contribution in [3.63, 3.8) is 0 Å². The average molecular weight is 275 g/mol. The van der Waals surface area contributed by atoms with Crippen molar-refractivity contribution in [2.24, 2.45) is 0 Å². The molecule has 2 N–H and O–H groups in total. The number of rotatable bonds is 7. The molecule has 0 saturated carbocycles. The van der Waals surface area contributed by atoms with Crippen LogP contribution in [0, 0.1) is 0 Å². The van der Waals surface area contributed by atoms with Crippen molar-refractivity contribution >= 4 is 23.8 Å². The number of carboxylic acids is 1. The Balaban J connectivity index is 4.15. The number of thioether (sulfide) groups is 1. The Labute approximate surface area is 112 Å². The maximum absolute atomic E-state index is 11.4. The van der Waals surface area contributed by atoms with Gasteiger partial charge in [0.25, 0.3) is 0 Å². The van der Waals surface area contributed by atoms with E-state index < -0.39 is 23.7 Å². The predicted molar refractivity (Wildman–Crippen MR) is 72.9 cm³/mol. The third kappa shape index (κ3) is 8.92. The van der Waals surface area contributed by atoms with Crippen molar-refractivity contribution in [3.05, 3.63) is 12.7 Å². The number of amides is 1. The molecule has 0 bridgehead atoms. The molecule has 0 saturated heterocycles. The Bertz CT molecular complexity index is 299. The first-order chi connectivity index (χ1) is 8.26. The molecule has 0 fully saturated rings. The van der Waals surface area contributed by atoms with Crippen LogP contribution in [0.4, 0.5) is 4.79 Å². The molecule has 0 aliphatic carbocycles. The molecule has 0 aliphatic rings. The van der Waals surface area contributed by atoms with Gasteiger partial charge in [-0.15, -0.1) is 6.58 Å². The number of carboxylic acid groups (broad SMARTS) is 1. The Morgan fingerprint density at radius 3 is 2.56 bits per heavy atom. The highest BCUT2D eigenvalue weighted by atomic mass is 32.2. The quantitative estimate of drug-likeness (QED) is 0.550. The molecule has 1 amide bonds. The summed E-state index contributed by atoms with van der Waals surface area (Å²) in [5.41, 5.74) is -0.636. The second kappa shape index (κ2) is 8.02. The van der Waals surface area contributed by atoms with E-state index in [1.807, 2.05) is 0 Å². The van der Waals surface area contributed by atoms with E-state index in [0.29, 0.717) is 5.75 Å². The largest absolute Gasteiger partial charge is 0.480 e. The van der Waals surface area contributed by atoms with Crippen LogP contribution in [0.3, 0.4) is 0 Å². The monoisotopic (exact) mass is 275 g/mol. The number of nitrogens with one attached hydrogen (secondary N) is 1. The molecule has 0 heterocycles. The van der Waals surface area contributed by atoms with Crippen LogP contribution in [0.2, 0.25) is 0 Å². The third-order valence-corrected chi connectivity index (χ3v) is 2.83. The van der Waals surface area contributed by atoms with E-state index in [1.54, 1.807) is 26.8 Å². The van der Waals surface area contributed by atoms with E-state index in [2.05, 4.69) is 11.9 Å². The smallest absolute Gasteiger partial charge is 0.408 e. The highest BCUT2D eigenvalue weighted by Crippen LogP contribution is 2.09. The van der Waals surface area contributed by atoms with Gasteiger partial charge in [0.1, 0.15) is 11.6 Å². The highest BCUT2D eigenvalue weighted by molar-refractivity contribution is 7.99. The van der Waals surface area contributed by atoms with Crippen LogP contribution in [0.15, 0.2) is 12.7 Å². The Morgan fingerprint density at radius 1 is 1.50 bits per heavy atom. The number of aliphatic carboxylic acids is 1. The summed E-state index contributed by atoms with van der Waals surface area (Å²) < 4.78 is 5.01. The van der Waals surface area contributed by atoms with Crippen LogP contribution in [-0.2, 0) is 9.53 Å². The van der Waals surface area contributed by atoms with Crippen LogP contribution in [0.5, 0.6) is 0 Å². The van der Waals surface area contributed by atoms with Gasteiger partial charge in [0.2, 0.25) is 0 Å². The van der Waals surface area contributed by atoms with Crippen LogP contribution in [-0.4, -0.2) is 40.3 Å². The predicted octanol–water partition coefficient (Wildman–Crippen LogP) is 2.27. The Hall–Kier alpha value is -1.17. The van der Waals surface area contributed by atoms with Crippen LogP contribution >= 0.6 is 11.8 Å². The van der Waals surface area contributed by atoms with Gasteiger partial charge in [0.15, 0.2) is 0 Å². The standard InChI is InChI=1S/C12H21NO4S/c1-5-6-7-18-8-9(10(14)15)13-11(16)17-12(2,3)4/h5,9H,1,6-8H2,2-4H3,(H,13,16)(H,14,15). The number of hydrogen-bond donors (Lipinski definition) is 2. The lowest BCUT2D eigenvalue weighted by Gasteiger charge is -2.21. The summed E-state index contributed by atoms with van der Waals surface area (Å²) in [5, 5.41) is 11.3. The molecule has 0 radical (unpaired) electrons. The Morgan fingerprint density at radius 2 is 2.11 bits per heavy atom. The average Bonchev–Trinajstić information content (AvgIpc) is 2.19. The first-order valence-electron chi connectivity index (χ1n) is 5.67. The van der Waals surface area contributed by atoms with Gasteiger partial charge in [0, 0.05) is 5.75 Å². The summed E-state index contributed by atoms with van der Waals surface area (Å²) in [6, 6.07) is -0.935. The van der Waals surface area contributed by atoms with Gasteiger partial charge in [-0.05, 0) is 32.9 Å². The number of carbonyl (C=O) groups excluding carboxylic acids is 1. The van der Waals surface area contributed by atoms with Gasteiger partial charge in [-0.1, -0.05) is 6.08 Å². The fourth-order valence-corrected chi connectivity index (χ4v) is 1.95. The molecule has 18 heavy (non-hydrogen) atoms. The summed E-state index contributed by atoms with van der Waals surface area (Å²) >= 11 is 1.45. The van der Waals surface area contributed by atoms with Crippen LogP contribution < -0.4 is 5.32 Å². The molecule has 0 aliphatic heterocycles. The van der Waals surface area contributed by atoms with E-state index in [1.165, 1.54) is 11.8 Å². The Kier molecular flexibility index (Phi) is 7.50. The summed E-state index contributed by atoms with van der Waals surface area (Å²) in [5.74, 6) is 0.0260. The lowest BCUT2D eigenvalue weighted by atomic mass is 10.2. The van der Waals surface area contributed by atoms with Gasteiger partial charge in [-0.25, -0.2) is 9.59 Å². The molecule has 6 heteroatoms. The van der Waals surface area contributed by atoms with Gasteiger partial charge in [-0.2, -0.15) is 11.8 Å². The SMILES string of the molecule is C=CCCSCC(NC(=O)OC(C)(C)C)C(=O)O. The molecule has 0 aromatic carbocycles. The second-order valence-electron chi connectivity index (χ2n) is 4.69. The zero-order chi connectivity index (χ0) is 14.2. The van der Waals surface area contributed by atoms with Gasteiger partial charge in [0.05, 0.1) is 0 Å². The van der Waals surface area contributed by atoms with E-state index in [-0.39, 0.29) is 0 Å². The minimum absolute atomic E-state index is 0.308. The van der Waals surface area contributed by atoms with Crippen molar-refractivity contribution in [1.82, 2.24) is 5.32 Å². The number of allylic oxidation sites excluding steroid dienone is 1. The molecule has 1 unspecified atom stereocenters. The molecule has 1 atom stereocenters. The molecule has 0 aromatic heterocycles. The van der Waals surface area contributed by atoms with E-state index in [0.717, 1.165) is 12.2 Å². The van der Waals surface area contributed by atoms with Crippen LogP contribution in [0.1, 0.15) is 27.2 Å². The lowest BCUT2D eigenvalue weighted by molar-refractivity contribution is -0.138. The molecule has 0 aromatic rings. The minimum atomic E-state index is -1.06. The van der Waals surface area contributed by atoms with Crippen molar-refractivity contribution < 1.29 is 19.4 Å². The first-order valence-corrected chi connectivity index (χ1v) is 6.82. The van der Waals surface area contributed by atoms with Crippen molar-refractivity contribution in [2.45, 2.75) is 38.8 Å². The fraction of sp³-hybridized carbons (Fsp3) is 0.667. The fourth-order valence-electron chi connectivity index (χ4n) is 0.992. The zero-order valence-electron chi connectivity index (χ0n) is 11.1. The number of ether oxygens (including phenoxy) is 1. The summed E-state index contributed by atoms with van der Waals surface area (Å²) in [6.07, 6.45) is 1.87. The van der Waals surface area contributed by atoms with Crippen molar-refractivity contribution in [1.29, 1.82) is 0 Å². The molecular formula is C12H21NO4S. The van der Waals surface area contributed by atoms with E-state index in [9.17, 15) is 9.59 Å². The molecule has 0 spiro atoms. The summed E-state index contributed by atoms with van der Waals surface area (Å²) in [6.45, 7) is 8.75. The topological polar surface area (TPSA) is 75.6 Å². The minimum Gasteiger partial charge on any atom is -0.480 e. The van der Waals surface area contributed by atoms with Gasteiger partial charge < -0.3 is 15.2 Å². The second-order valence-corrected chi connectivity index (χ2v) is 5.84. The molecule has 104 valence electrons. The normalized spacial score (nSPS) is 12.6. The molecular weight excluding hydrogens is 254 g/mol.